The van der Waals surface area contributed by atoms with Crippen LogP contribution in [0.25, 0.3) is 0 Å². The number of amides is 1. The van der Waals surface area contributed by atoms with Gasteiger partial charge < -0.3 is 20.9 Å². The van der Waals surface area contributed by atoms with E-state index in [-0.39, 0.29) is 17.7 Å². The van der Waals surface area contributed by atoms with Gasteiger partial charge in [-0.15, -0.1) is 0 Å². The van der Waals surface area contributed by atoms with Crippen LogP contribution < -0.4 is 11.1 Å². The highest BCUT2D eigenvalue weighted by molar-refractivity contribution is 6.02. The molecule has 7 heteroatoms. The highest BCUT2D eigenvalue weighted by Crippen LogP contribution is 2.15. The third-order valence-corrected chi connectivity index (χ3v) is 2.56. The zero-order valence-electron chi connectivity index (χ0n) is 12.8. The molecule has 1 aromatic rings. The third-order valence-electron chi connectivity index (χ3n) is 2.56. The van der Waals surface area contributed by atoms with Crippen LogP contribution >= 0.6 is 0 Å². The molecule has 1 atom stereocenters. The topological polar surface area (TPSA) is 119 Å². The molecule has 0 bridgehead atoms. The number of rotatable bonds is 5. The second kappa shape index (κ2) is 7.04. The second-order valence-electron chi connectivity index (χ2n) is 5.74. The number of hydrogen-bond donors (Lipinski definition) is 3. The van der Waals surface area contributed by atoms with Gasteiger partial charge in [-0.3, -0.25) is 9.59 Å². The molecular weight excluding hydrogens is 288 g/mol. The number of ether oxygens (including phenoxy) is 1. The zero-order valence-corrected chi connectivity index (χ0v) is 12.8. The monoisotopic (exact) mass is 308 g/mol. The fourth-order valence-electron chi connectivity index (χ4n) is 1.66. The average molecular weight is 308 g/mol. The molecule has 0 aliphatic carbocycles. The van der Waals surface area contributed by atoms with Gasteiger partial charge in [0.15, 0.2) is 0 Å². The number of carboxylic acid groups (broad SMARTS) is 1. The molecule has 0 aliphatic rings. The van der Waals surface area contributed by atoms with Crippen molar-refractivity contribution in [2.24, 2.45) is 5.73 Å². The van der Waals surface area contributed by atoms with Gasteiger partial charge in [0.2, 0.25) is 5.91 Å². The fraction of sp³-hybridized carbons (Fsp3) is 0.400. The lowest BCUT2D eigenvalue weighted by molar-refractivity contribution is -0.155. The number of nitrogens with one attached hydrogen (secondary N) is 1. The van der Waals surface area contributed by atoms with E-state index >= 15 is 0 Å². The number of hydrogen-bond acceptors (Lipinski definition) is 5. The van der Waals surface area contributed by atoms with Crippen molar-refractivity contribution < 1.29 is 24.2 Å². The molecule has 0 aromatic heterocycles. The Morgan fingerprint density at radius 2 is 1.86 bits per heavy atom. The first-order valence-electron chi connectivity index (χ1n) is 6.71. The Bertz CT molecular complexity index is 578. The van der Waals surface area contributed by atoms with Crippen LogP contribution in [-0.4, -0.2) is 34.6 Å². The van der Waals surface area contributed by atoms with Gasteiger partial charge in [-0.05, 0) is 32.9 Å². The number of carbonyl (C=O) groups excluding carboxylic acids is 2. The van der Waals surface area contributed by atoms with Gasteiger partial charge in [0.05, 0.1) is 23.7 Å². The molecule has 0 saturated carbocycles. The molecule has 4 N–H and O–H groups in total. The number of esters is 1. The minimum absolute atomic E-state index is 0.0553. The Hall–Kier alpha value is -2.41. The summed E-state index contributed by atoms with van der Waals surface area (Å²) in [6.07, 6.45) is -0.293. The highest BCUT2D eigenvalue weighted by Gasteiger charge is 2.23. The summed E-state index contributed by atoms with van der Waals surface area (Å²) in [5.74, 6) is -2.42. The summed E-state index contributed by atoms with van der Waals surface area (Å²) in [5.41, 5.74) is 5.06. The average Bonchev–Trinajstić information content (AvgIpc) is 2.36. The van der Waals surface area contributed by atoms with E-state index < -0.39 is 29.5 Å². The van der Waals surface area contributed by atoms with E-state index in [9.17, 15) is 14.4 Å². The van der Waals surface area contributed by atoms with Crippen LogP contribution in [0.5, 0.6) is 0 Å². The van der Waals surface area contributed by atoms with Crippen molar-refractivity contribution in [3.05, 3.63) is 29.8 Å². The maximum Gasteiger partial charge on any atom is 0.337 e. The van der Waals surface area contributed by atoms with Crippen molar-refractivity contribution >= 4 is 23.5 Å². The molecule has 0 aliphatic heterocycles. The number of anilines is 1. The first-order valence-corrected chi connectivity index (χ1v) is 6.71. The highest BCUT2D eigenvalue weighted by atomic mass is 16.6. The first-order chi connectivity index (χ1) is 10.1. The summed E-state index contributed by atoms with van der Waals surface area (Å²) in [4.78, 5) is 34.6. The number of carboxylic acids is 1. The number of benzene rings is 1. The van der Waals surface area contributed by atoms with E-state index in [1.165, 1.54) is 12.1 Å². The van der Waals surface area contributed by atoms with E-state index in [1.54, 1.807) is 32.9 Å². The number of aromatic carboxylic acids is 1. The van der Waals surface area contributed by atoms with Gasteiger partial charge in [0.25, 0.3) is 0 Å². The lowest BCUT2D eigenvalue weighted by atomic mass is 10.1. The summed E-state index contributed by atoms with van der Waals surface area (Å²) in [7, 11) is 0. The summed E-state index contributed by atoms with van der Waals surface area (Å²) in [5, 5.41) is 11.4. The smallest absolute Gasteiger partial charge is 0.337 e. The molecule has 0 spiro atoms. The minimum Gasteiger partial charge on any atom is -0.478 e. The fourth-order valence-corrected chi connectivity index (χ4v) is 1.66. The van der Waals surface area contributed by atoms with E-state index in [4.69, 9.17) is 15.6 Å². The second-order valence-corrected chi connectivity index (χ2v) is 5.74. The lowest BCUT2D eigenvalue weighted by Crippen LogP contribution is -2.39. The number of nitrogens with two attached hydrogens (primary N) is 1. The van der Waals surface area contributed by atoms with Crippen molar-refractivity contribution in [3.63, 3.8) is 0 Å². The molecule has 0 radical (unpaired) electrons. The maximum absolute atomic E-state index is 12.0. The van der Waals surface area contributed by atoms with Crippen molar-refractivity contribution in [1.82, 2.24) is 0 Å². The summed E-state index contributed by atoms with van der Waals surface area (Å²) in [6.45, 7) is 5.12. The zero-order chi connectivity index (χ0) is 16.9. The first kappa shape index (κ1) is 17.6. The largest absolute Gasteiger partial charge is 0.478 e. The summed E-state index contributed by atoms with van der Waals surface area (Å²) < 4.78 is 5.08. The Balaban J connectivity index is 2.69. The molecule has 22 heavy (non-hydrogen) atoms. The minimum atomic E-state index is -1.17. The van der Waals surface area contributed by atoms with Gasteiger partial charge in [0.1, 0.15) is 5.60 Å². The van der Waals surface area contributed by atoms with E-state index in [1.807, 2.05) is 0 Å². The van der Waals surface area contributed by atoms with E-state index in [0.29, 0.717) is 0 Å². The molecule has 1 aromatic carbocycles. The molecule has 1 unspecified atom stereocenters. The Morgan fingerprint density at radius 1 is 1.27 bits per heavy atom. The van der Waals surface area contributed by atoms with E-state index in [2.05, 4.69) is 5.32 Å². The van der Waals surface area contributed by atoms with Crippen LogP contribution in [0.2, 0.25) is 0 Å². The predicted octanol–water partition coefficient (Wildman–Crippen LogP) is 1.38. The molecule has 120 valence electrons. The molecular formula is C15H20N2O5. The van der Waals surface area contributed by atoms with Crippen molar-refractivity contribution in [1.29, 1.82) is 0 Å². The SMILES string of the molecule is CC(C)(C)OC(=O)CC(N)C(=O)Nc1ccccc1C(=O)O. The maximum atomic E-state index is 12.0. The van der Waals surface area contributed by atoms with Gasteiger partial charge >= 0.3 is 11.9 Å². The Morgan fingerprint density at radius 3 is 2.41 bits per heavy atom. The van der Waals surface area contributed by atoms with Crippen LogP contribution in [0.4, 0.5) is 5.69 Å². The summed E-state index contributed by atoms with van der Waals surface area (Å²) in [6, 6.07) is 4.80. The van der Waals surface area contributed by atoms with Gasteiger partial charge in [-0.1, -0.05) is 12.1 Å². The van der Waals surface area contributed by atoms with Crippen LogP contribution in [0.3, 0.4) is 0 Å². The summed E-state index contributed by atoms with van der Waals surface area (Å²) >= 11 is 0. The lowest BCUT2D eigenvalue weighted by Gasteiger charge is -2.20. The Kier molecular flexibility index (Phi) is 5.64. The van der Waals surface area contributed by atoms with Crippen molar-refractivity contribution in [3.8, 4) is 0 Å². The van der Waals surface area contributed by atoms with Crippen molar-refractivity contribution in [2.45, 2.75) is 38.8 Å². The van der Waals surface area contributed by atoms with Crippen molar-refractivity contribution in [2.75, 3.05) is 5.32 Å². The molecule has 0 heterocycles. The predicted molar refractivity (Wildman–Crippen MR) is 80.5 cm³/mol. The third kappa shape index (κ3) is 5.53. The standard InChI is InChI=1S/C15H20N2O5/c1-15(2,3)22-12(18)8-10(16)13(19)17-11-7-5-4-6-9(11)14(20)21/h4-7,10H,8,16H2,1-3H3,(H,17,19)(H,20,21). The number of carbonyl (C=O) groups is 3. The van der Waals surface area contributed by atoms with Crippen LogP contribution in [0.1, 0.15) is 37.6 Å². The van der Waals surface area contributed by atoms with Crippen LogP contribution in [-0.2, 0) is 14.3 Å². The molecule has 1 rings (SSSR count). The van der Waals surface area contributed by atoms with Crippen LogP contribution in [0.15, 0.2) is 24.3 Å². The molecule has 1 amide bonds. The Labute approximate surface area is 128 Å². The normalized spacial score (nSPS) is 12.4. The van der Waals surface area contributed by atoms with E-state index in [0.717, 1.165) is 0 Å². The van der Waals surface area contributed by atoms with Gasteiger partial charge in [-0.25, -0.2) is 4.79 Å². The van der Waals surface area contributed by atoms with Crippen LogP contribution in [0, 0.1) is 0 Å². The van der Waals surface area contributed by atoms with Gasteiger partial charge in [0, 0.05) is 0 Å². The van der Waals surface area contributed by atoms with Gasteiger partial charge in [-0.2, -0.15) is 0 Å². The quantitative estimate of drug-likeness (QED) is 0.707. The number of para-hydroxylation sites is 1. The molecule has 0 saturated heterocycles. The molecule has 0 fully saturated rings. The molecule has 7 nitrogen and oxygen atoms in total.